The van der Waals surface area contributed by atoms with Crippen molar-refractivity contribution in [2.75, 3.05) is 19.5 Å². The number of halogens is 3. The third-order valence-corrected chi connectivity index (χ3v) is 2.12. The second kappa shape index (κ2) is 10.6. The molecule has 0 aromatic carbocycles. The summed E-state index contributed by atoms with van der Waals surface area (Å²) in [6.45, 7) is 0.499. The van der Waals surface area contributed by atoms with E-state index in [1.54, 1.807) is 0 Å². The first-order valence-electron chi connectivity index (χ1n) is 5.43. The van der Waals surface area contributed by atoms with Gasteiger partial charge in [-0.2, -0.15) is 0 Å². The number of nitrogens with zero attached hydrogens (tertiary/aromatic N) is 1. The van der Waals surface area contributed by atoms with Crippen LogP contribution in [0.2, 0.25) is 0 Å². The summed E-state index contributed by atoms with van der Waals surface area (Å²) in [7, 11) is 0. The van der Waals surface area contributed by atoms with Crippen molar-refractivity contribution in [3.05, 3.63) is 0 Å². The van der Waals surface area contributed by atoms with E-state index in [0.29, 0.717) is 13.1 Å². The Morgan fingerprint density at radius 1 is 0.933 bits per heavy atom. The van der Waals surface area contributed by atoms with Crippen molar-refractivity contribution < 1.29 is 64.3 Å². The zero-order valence-electron chi connectivity index (χ0n) is 10.1. The zero-order valence-corrected chi connectivity index (χ0v) is 13.2. The number of rotatable bonds is 8. The molecule has 0 spiro atoms. The average Bonchev–Trinajstić information content (AvgIpc) is 2.07. The summed E-state index contributed by atoms with van der Waals surface area (Å²) in [6, 6.07) is 0. The quantitative estimate of drug-likeness (QED) is 0.558. The molecule has 0 rings (SSSR count). The van der Waals surface area contributed by atoms with Gasteiger partial charge in [0.2, 0.25) is 0 Å². The SMILES string of the molecule is CCCCN(CCCC)C[B-](F)(F)F.[K+]. The molecular weight excluding hydrogens is 229 g/mol. The molecular formula is C9H20BF3KN. The normalized spacial score (nSPS) is 11.6. The van der Waals surface area contributed by atoms with Gasteiger partial charge in [0.25, 0.3) is 0 Å². The van der Waals surface area contributed by atoms with E-state index in [0.717, 1.165) is 25.7 Å². The van der Waals surface area contributed by atoms with Gasteiger partial charge in [0, 0.05) is 0 Å². The summed E-state index contributed by atoms with van der Waals surface area (Å²) in [4.78, 5) is 1.53. The topological polar surface area (TPSA) is 3.24 Å². The van der Waals surface area contributed by atoms with Gasteiger partial charge in [0.05, 0.1) is 0 Å². The molecule has 15 heavy (non-hydrogen) atoms. The van der Waals surface area contributed by atoms with Crippen LogP contribution in [0.1, 0.15) is 39.5 Å². The van der Waals surface area contributed by atoms with Crippen molar-refractivity contribution >= 4 is 6.98 Å². The summed E-state index contributed by atoms with van der Waals surface area (Å²) in [5, 5.41) is 0. The molecule has 0 fully saturated rings. The standard InChI is InChI=1S/C9H20BF3N.K/c1-3-5-7-14(8-6-4-2)9-10(11,12)13;/h3-9H2,1-2H3;/q-1;+1. The van der Waals surface area contributed by atoms with Crippen LogP contribution in [0.5, 0.6) is 0 Å². The van der Waals surface area contributed by atoms with Crippen LogP contribution in [0.4, 0.5) is 12.9 Å². The Labute approximate surface area is 134 Å². The van der Waals surface area contributed by atoms with Crippen LogP contribution in [0.15, 0.2) is 0 Å². The maximum atomic E-state index is 12.2. The first-order valence-corrected chi connectivity index (χ1v) is 5.43. The molecule has 86 valence electrons. The number of hydrogen-bond donors (Lipinski definition) is 0. The molecule has 0 saturated heterocycles. The van der Waals surface area contributed by atoms with Gasteiger partial charge in [-0.15, -0.1) is 0 Å². The van der Waals surface area contributed by atoms with Gasteiger partial charge in [-0.05, 0) is 32.4 Å². The molecule has 1 nitrogen and oxygen atoms in total. The molecule has 0 radical (unpaired) electrons. The maximum Gasteiger partial charge on any atom is 1.00 e. The fraction of sp³-hybridized carbons (Fsp3) is 1.00. The zero-order chi connectivity index (χ0) is 11.0. The molecule has 0 aliphatic carbocycles. The fourth-order valence-electron chi connectivity index (χ4n) is 1.35. The third kappa shape index (κ3) is 13.4. The summed E-state index contributed by atoms with van der Waals surface area (Å²) in [6.07, 6.45) is 2.92. The Kier molecular flexibility index (Phi) is 13.3. The predicted octanol–water partition coefficient (Wildman–Crippen LogP) is 0.279. The minimum Gasteiger partial charge on any atom is -0.448 e. The minimum atomic E-state index is -4.66. The van der Waals surface area contributed by atoms with Crippen LogP contribution in [0.3, 0.4) is 0 Å². The van der Waals surface area contributed by atoms with Crippen LogP contribution >= 0.6 is 0 Å². The van der Waals surface area contributed by atoms with Gasteiger partial charge in [-0.25, -0.2) is 0 Å². The van der Waals surface area contributed by atoms with Crippen LogP contribution in [-0.4, -0.2) is 31.4 Å². The Morgan fingerprint density at radius 2 is 1.33 bits per heavy atom. The van der Waals surface area contributed by atoms with E-state index in [1.165, 1.54) is 4.90 Å². The number of unbranched alkanes of at least 4 members (excludes halogenated alkanes) is 2. The van der Waals surface area contributed by atoms with Gasteiger partial charge in [-0.1, -0.05) is 26.7 Å². The van der Waals surface area contributed by atoms with E-state index >= 15 is 0 Å². The molecule has 0 bridgehead atoms. The van der Waals surface area contributed by atoms with E-state index in [4.69, 9.17) is 0 Å². The average molecular weight is 249 g/mol. The van der Waals surface area contributed by atoms with Gasteiger partial charge >= 0.3 is 58.4 Å². The first kappa shape index (κ1) is 18.8. The smallest absolute Gasteiger partial charge is 0.448 e. The van der Waals surface area contributed by atoms with E-state index in [-0.39, 0.29) is 51.4 Å². The molecule has 0 aliphatic heterocycles. The minimum absolute atomic E-state index is 0. The second-order valence-electron chi connectivity index (χ2n) is 3.72. The maximum absolute atomic E-state index is 12.2. The molecule has 0 aromatic rings. The van der Waals surface area contributed by atoms with Crippen molar-refractivity contribution in [3.8, 4) is 0 Å². The Balaban J connectivity index is 0. The molecule has 0 aromatic heterocycles. The van der Waals surface area contributed by atoms with E-state index in [9.17, 15) is 12.9 Å². The summed E-state index contributed by atoms with van der Waals surface area (Å²) < 4.78 is 36.5. The predicted molar refractivity (Wildman–Crippen MR) is 55.3 cm³/mol. The van der Waals surface area contributed by atoms with Crippen LogP contribution in [0, 0.1) is 0 Å². The summed E-state index contributed by atoms with van der Waals surface area (Å²) in [5.74, 6) is 0. The summed E-state index contributed by atoms with van der Waals surface area (Å²) in [5.41, 5.74) is 0. The second-order valence-corrected chi connectivity index (χ2v) is 3.72. The molecule has 0 aliphatic rings. The van der Waals surface area contributed by atoms with Crippen molar-refractivity contribution in [3.63, 3.8) is 0 Å². The molecule has 0 atom stereocenters. The van der Waals surface area contributed by atoms with Crippen LogP contribution < -0.4 is 51.4 Å². The third-order valence-electron chi connectivity index (χ3n) is 2.12. The fourth-order valence-corrected chi connectivity index (χ4v) is 1.35. The van der Waals surface area contributed by atoms with Gasteiger partial charge in [0.15, 0.2) is 0 Å². The molecule has 0 heterocycles. The van der Waals surface area contributed by atoms with E-state index in [1.807, 2.05) is 13.8 Å². The van der Waals surface area contributed by atoms with Crippen LogP contribution in [-0.2, 0) is 0 Å². The van der Waals surface area contributed by atoms with Gasteiger partial charge < -0.3 is 17.8 Å². The largest absolute Gasteiger partial charge is 1.00 e. The molecule has 0 amide bonds. The first-order chi connectivity index (χ1) is 6.49. The molecule has 0 unspecified atom stereocenters. The Morgan fingerprint density at radius 3 is 1.60 bits per heavy atom. The van der Waals surface area contributed by atoms with Crippen molar-refractivity contribution in [2.45, 2.75) is 39.5 Å². The molecule has 0 saturated carbocycles. The van der Waals surface area contributed by atoms with Crippen molar-refractivity contribution in [2.24, 2.45) is 0 Å². The van der Waals surface area contributed by atoms with Crippen molar-refractivity contribution in [1.29, 1.82) is 0 Å². The van der Waals surface area contributed by atoms with Gasteiger partial charge in [-0.3, -0.25) is 0 Å². The monoisotopic (exact) mass is 249 g/mol. The van der Waals surface area contributed by atoms with Crippen LogP contribution in [0.25, 0.3) is 0 Å². The van der Waals surface area contributed by atoms with E-state index in [2.05, 4.69) is 0 Å². The van der Waals surface area contributed by atoms with Gasteiger partial charge in [0.1, 0.15) is 0 Å². The molecule has 6 heteroatoms. The van der Waals surface area contributed by atoms with E-state index < -0.39 is 13.4 Å². The molecule has 0 N–H and O–H groups in total. The van der Waals surface area contributed by atoms with Crippen molar-refractivity contribution in [1.82, 2.24) is 4.90 Å². The number of hydrogen-bond acceptors (Lipinski definition) is 1. The Hall–Kier alpha value is 1.45. The summed E-state index contributed by atoms with van der Waals surface area (Å²) >= 11 is 0. The Bertz CT molecular complexity index is 136.